The molecule has 0 heterocycles. The molecule has 1 atom stereocenters. The molecule has 6 heteroatoms. The van der Waals surface area contributed by atoms with Gasteiger partial charge in [0.25, 0.3) is 0 Å². The van der Waals surface area contributed by atoms with Crippen molar-refractivity contribution in [1.29, 1.82) is 0 Å². The predicted octanol–water partition coefficient (Wildman–Crippen LogP) is 19.5. The van der Waals surface area contributed by atoms with Crippen LogP contribution in [0.3, 0.4) is 0 Å². The first kappa shape index (κ1) is 63.4. The lowest BCUT2D eigenvalue weighted by Crippen LogP contribution is -2.30. The number of unbranched alkanes of at least 4 members (excludes halogenated alkanes) is 44. The Balaban J connectivity index is 4.29. The number of ether oxygens (including phenoxy) is 3. The number of carbonyl (C=O) groups excluding carboxylic acids is 3. The number of carbonyl (C=O) groups is 3. The lowest BCUT2D eigenvalue weighted by Gasteiger charge is -2.18. The molecule has 6 nitrogen and oxygen atoms in total. The van der Waals surface area contributed by atoms with Gasteiger partial charge in [0.05, 0.1) is 0 Å². The maximum atomic E-state index is 12.8. The number of hydrogen-bond acceptors (Lipinski definition) is 6. The Kier molecular flexibility index (Phi) is 53.7. The van der Waals surface area contributed by atoms with Gasteiger partial charge in [-0.25, -0.2) is 0 Å². The van der Waals surface area contributed by atoms with Gasteiger partial charge in [0.15, 0.2) is 6.10 Å². The third-order valence-corrected chi connectivity index (χ3v) is 13.6. The summed E-state index contributed by atoms with van der Waals surface area (Å²) in [4.78, 5) is 38.2. The SMILES string of the molecule is CCCCCCCCCCCCCCCCCCCC(=O)OC[C@H](COC(=O)CCCCCCCCCCCCCCCCC)OC(=O)CCCCCCCCCCCCCCCCC. The average molecular weight is 920 g/mol. The Morgan fingerprint density at radius 3 is 0.615 bits per heavy atom. The van der Waals surface area contributed by atoms with Gasteiger partial charge in [-0.05, 0) is 19.3 Å². The molecule has 0 amide bonds. The van der Waals surface area contributed by atoms with Crippen LogP contribution in [0.15, 0.2) is 0 Å². The first-order valence-electron chi connectivity index (χ1n) is 29.5. The van der Waals surface area contributed by atoms with Crippen molar-refractivity contribution < 1.29 is 28.6 Å². The van der Waals surface area contributed by atoms with Gasteiger partial charge in [-0.15, -0.1) is 0 Å². The average Bonchev–Trinajstić information content (AvgIpc) is 3.30. The molecule has 0 saturated heterocycles. The van der Waals surface area contributed by atoms with Crippen molar-refractivity contribution in [3.63, 3.8) is 0 Å². The topological polar surface area (TPSA) is 78.9 Å². The summed E-state index contributed by atoms with van der Waals surface area (Å²) >= 11 is 0. The van der Waals surface area contributed by atoms with E-state index >= 15 is 0 Å². The molecule has 0 aliphatic heterocycles. The molecule has 0 aliphatic carbocycles. The van der Waals surface area contributed by atoms with Crippen LogP contribution in [0.2, 0.25) is 0 Å². The lowest BCUT2D eigenvalue weighted by molar-refractivity contribution is -0.167. The second-order valence-electron chi connectivity index (χ2n) is 20.3. The molecular formula is C59H114O6. The van der Waals surface area contributed by atoms with Gasteiger partial charge in [0.1, 0.15) is 13.2 Å². The maximum absolute atomic E-state index is 12.8. The Hall–Kier alpha value is -1.59. The molecule has 0 radical (unpaired) electrons. The summed E-state index contributed by atoms with van der Waals surface area (Å²) in [5, 5.41) is 0. The molecule has 0 N–H and O–H groups in total. The molecule has 0 bridgehead atoms. The molecule has 386 valence electrons. The minimum absolute atomic E-state index is 0.0609. The Bertz CT molecular complexity index is 967. The number of rotatable bonds is 55. The molecule has 0 aromatic rings. The van der Waals surface area contributed by atoms with Crippen LogP contribution in [0.4, 0.5) is 0 Å². The van der Waals surface area contributed by atoms with Crippen molar-refractivity contribution in [2.24, 2.45) is 0 Å². The van der Waals surface area contributed by atoms with E-state index in [0.717, 1.165) is 57.8 Å². The van der Waals surface area contributed by atoms with Crippen molar-refractivity contribution in [2.75, 3.05) is 13.2 Å². The van der Waals surface area contributed by atoms with Crippen molar-refractivity contribution in [2.45, 2.75) is 348 Å². The highest BCUT2D eigenvalue weighted by atomic mass is 16.6. The van der Waals surface area contributed by atoms with Gasteiger partial charge in [-0.1, -0.05) is 303 Å². The fourth-order valence-corrected chi connectivity index (χ4v) is 9.15. The molecule has 0 saturated carbocycles. The summed E-state index contributed by atoms with van der Waals surface area (Å²) < 4.78 is 16.9. The number of esters is 3. The van der Waals surface area contributed by atoms with Gasteiger partial charge in [-0.2, -0.15) is 0 Å². The van der Waals surface area contributed by atoms with Crippen molar-refractivity contribution >= 4 is 17.9 Å². The van der Waals surface area contributed by atoms with Crippen LogP contribution in [-0.2, 0) is 28.6 Å². The monoisotopic (exact) mass is 919 g/mol. The van der Waals surface area contributed by atoms with Crippen molar-refractivity contribution in [3.05, 3.63) is 0 Å². The minimum atomic E-state index is -0.761. The Labute approximate surface area is 406 Å². The molecule has 65 heavy (non-hydrogen) atoms. The summed E-state index contributed by atoms with van der Waals surface area (Å²) in [6, 6.07) is 0. The van der Waals surface area contributed by atoms with Gasteiger partial charge >= 0.3 is 17.9 Å². The summed E-state index contributed by atoms with van der Waals surface area (Å²) in [6.07, 6.45) is 60.9. The highest BCUT2D eigenvalue weighted by molar-refractivity contribution is 5.71. The zero-order chi connectivity index (χ0) is 47.2. The third-order valence-electron chi connectivity index (χ3n) is 13.6. The predicted molar refractivity (Wildman–Crippen MR) is 280 cm³/mol. The van der Waals surface area contributed by atoms with Crippen molar-refractivity contribution in [3.8, 4) is 0 Å². The zero-order valence-corrected chi connectivity index (χ0v) is 44.3. The highest BCUT2D eigenvalue weighted by Gasteiger charge is 2.19. The van der Waals surface area contributed by atoms with E-state index in [1.54, 1.807) is 0 Å². The summed E-state index contributed by atoms with van der Waals surface area (Å²) in [5.74, 6) is -0.830. The zero-order valence-electron chi connectivity index (χ0n) is 44.3. The van der Waals surface area contributed by atoms with Crippen LogP contribution < -0.4 is 0 Å². The van der Waals surface area contributed by atoms with Crippen LogP contribution >= 0.6 is 0 Å². The lowest BCUT2D eigenvalue weighted by atomic mass is 10.0. The fourth-order valence-electron chi connectivity index (χ4n) is 9.15. The van der Waals surface area contributed by atoms with Crippen molar-refractivity contribution in [1.82, 2.24) is 0 Å². The van der Waals surface area contributed by atoms with Crippen LogP contribution in [0.5, 0.6) is 0 Å². The Morgan fingerprint density at radius 2 is 0.415 bits per heavy atom. The largest absolute Gasteiger partial charge is 0.462 e. The highest BCUT2D eigenvalue weighted by Crippen LogP contribution is 2.18. The second kappa shape index (κ2) is 55.0. The number of hydrogen-bond donors (Lipinski definition) is 0. The van der Waals surface area contributed by atoms with Crippen LogP contribution in [-0.4, -0.2) is 37.2 Å². The molecule has 0 fully saturated rings. The molecule has 0 aromatic carbocycles. The smallest absolute Gasteiger partial charge is 0.306 e. The van der Waals surface area contributed by atoms with E-state index in [1.807, 2.05) is 0 Å². The van der Waals surface area contributed by atoms with Crippen LogP contribution in [0.1, 0.15) is 342 Å². The van der Waals surface area contributed by atoms with Gasteiger partial charge in [0.2, 0.25) is 0 Å². The molecule has 0 spiro atoms. The van der Waals surface area contributed by atoms with E-state index in [1.165, 1.54) is 244 Å². The standard InChI is InChI=1S/C59H114O6/c1-4-7-10-13-16-19-22-25-28-29-32-34-37-40-43-46-49-52-58(61)64-55-56(65-59(62)53-50-47-44-41-38-35-31-27-24-21-18-15-12-9-6-3)54-63-57(60)51-48-45-42-39-36-33-30-26-23-20-17-14-11-8-5-2/h56H,4-55H2,1-3H3/t56-/m0/s1. The quantitative estimate of drug-likeness (QED) is 0.0344. The summed E-state index contributed by atoms with van der Waals surface area (Å²) in [6.45, 7) is 6.71. The molecular weight excluding hydrogens is 805 g/mol. The molecule has 0 aliphatic rings. The van der Waals surface area contributed by atoms with Crippen LogP contribution in [0, 0.1) is 0 Å². The normalized spacial score (nSPS) is 11.9. The third kappa shape index (κ3) is 53.2. The van der Waals surface area contributed by atoms with E-state index in [-0.39, 0.29) is 31.1 Å². The minimum Gasteiger partial charge on any atom is -0.462 e. The van der Waals surface area contributed by atoms with Gasteiger partial charge < -0.3 is 14.2 Å². The summed E-state index contributed by atoms with van der Waals surface area (Å²) in [5.41, 5.74) is 0. The van der Waals surface area contributed by atoms with E-state index in [2.05, 4.69) is 20.8 Å². The first-order chi connectivity index (χ1) is 32.0. The molecule has 0 unspecified atom stereocenters. The first-order valence-corrected chi connectivity index (χ1v) is 29.5. The van der Waals surface area contributed by atoms with Crippen LogP contribution in [0.25, 0.3) is 0 Å². The van der Waals surface area contributed by atoms with Gasteiger partial charge in [-0.3, -0.25) is 14.4 Å². The second-order valence-corrected chi connectivity index (χ2v) is 20.3. The maximum Gasteiger partial charge on any atom is 0.306 e. The van der Waals surface area contributed by atoms with E-state index in [4.69, 9.17) is 14.2 Å². The van der Waals surface area contributed by atoms with Gasteiger partial charge in [0, 0.05) is 19.3 Å². The van der Waals surface area contributed by atoms with E-state index < -0.39 is 6.10 Å². The van der Waals surface area contributed by atoms with E-state index in [9.17, 15) is 14.4 Å². The fraction of sp³-hybridized carbons (Fsp3) is 0.949. The van der Waals surface area contributed by atoms with E-state index in [0.29, 0.717) is 19.3 Å². The molecule has 0 aromatic heterocycles. The molecule has 0 rings (SSSR count). The Morgan fingerprint density at radius 1 is 0.246 bits per heavy atom. The summed E-state index contributed by atoms with van der Waals surface area (Å²) in [7, 11) is 0.